The molecule has 1 N–H and O–H groups in total. The van der Waals surface area contributed by atoms with Gasteiger partial charge in [0.15, 0.2) is 4.80 Å². The molecule has 0 aliphatic rings. The van der Waals surface area contributed by atoms with Crippen molar-refractivity contribution in [1.82, 2.24) is 4.57 Å². The molecule has 0 fully saturated rings. The van der Waals surface area contributed by atoms with E-state index in [1.807, 2.05) is 58.6 Å². The number of rotatable bonds is 6. The van der Waals surface area contributed by atoms with Gasteiger partial charge in [0.2, 0.25) is 5.91 Å². The molecule has 1 aromatic heterocycles. The number of carbonyl (C=O) groups is 2. The summed E-state index contributed by atoms with van der Waals surface area (Å²) in [5, 5.41) is 4.65. The third-order valence-electron chi connectivity index (χ3n) is 3.61. The van der Waals surface area contributed by atoms with Gasteiger partial charge in [-0.1, -0.05) is 30.3 Å². The molecule has 0 unspecified atom stereocenters. The molecule has 0 aliphatic heterocycles. The fraction of sp³-hybridized carbons (Fsp3) is 0.150. The van der Waals surface area contributed by atoms with Gasteiger partial charge in [0.05, 0.1) is 5.75 Å². The highest BCUT2D eigenvalue weighted by molar-refractivity contribution is 8.00. The van der Waals surface area contributed by atoms with Crippen LogP contribution in [0.2, 0.25) is 0 Å². The zero-order valence-electron chi connectivity index (χ0n) is 14.8. The highest BCUT2D eigenvalue weighted by atomic mass is 32.2. The van der Waals surface area contributed by atoms with E-state index in [1.165, 1.54) is 35.6 Å². The summed E-state index contributed by atoms with van der Waals surface area (Å²) < 4.78 is 1.98. The second kappa shape index (κ2) is 9.34. The lowest BCUT2D eigenvalue weighted by atomic mass is 10.2. The number of amides is 2. The largest absolute Gasteiger partial charge is 0.326 e. The molecule has 0 saturated heterocycles. The molecule has 0 aliphatic carbocycles. The Morgan fingerprint density at radius 2 is 1.85 bits per heavy atom. The van der Waals surface area contributed by atoms with Crippen molar-refractivity contribution < 1.29 is 9.59 Å². The highest BCUT2D eigenvalue weighted by Gasteiger charge is 2.04. The maximum Gasteiger partial charge on any atom is 0.258 e. The zero-order chi connectivity index (χ0) is 19.1. The molecule has 0 spiro atoms. The normalized spacial score (nSPS) is 11.4. The van der Waals surface area contributed by atoms with Crippen LogP contribution < -0.4 is 10.1 Å². The van der Waals surface area contributed by atoms with E-state index in [9.17, 15) is 9.59 Å². The molecular weight excluding hydrogens is 378 g/mol. The molecule has 1 heterocycles. The molecule has 5 nitrogen and oxygen atoms in total. The molecule has 2 amide bonds. The lowest BCUT2D eigenvalue weighted by molar-refractivity contribution is -0.116. The first-order chi connectivity index (χ1) is 13.1. The number of thiazole rings is 1. The van der Waals surface area contributed by atoms with Crippen molar-refractivity contribution in [2.45, 2.75) is 18.4 Å². The lowest BCUT2D eigenvalue weighted by Gasteiger charge is -2.04. The summed E-state index contributed by atoms with van der Waals surface area (Å²) >= 11 is 2.88. The number of thioether (sulfide) groups is 1. The number of carbonyl (C=O) groups excluding carboxylic acids is 2. The van der Waals surface area contributed by atoms with Crippen LogP contribution in [0.25, 0.3) is 0 Å². The number of aromatic nitrogens is 1. The van der Waals surface area contributed by atoms with Crippen LogP contribution in [0.1, 0.15) is 12.5 Å². The number of hydrogen-bond acceptors (Lipinski definition) is 4. The number of nitrogens with one attached hydrogen (secondary N) is 1. The van der Waals surface area contributed by atoms with E-state index in [0.29, 0.717) is 11.3 Å². The molecule has 7 heteroatoms. The summed E-state index contributed by atoms with van der Waals surface area (Å²) in [4.78, 5) is 29.2. The summed E-state index contributed by atoms with van der Waals surface area (Å²) in [7, 11) is 0. The molecule has 3 aromatic rings. The Labute approximate surface area is 165 Å². The quantitative estimate of drug-likeness (QED) is 0.644. The van der Waals surface area contributed by atoms with Crippen molar-refractivity contribution in [2.75, 3.05) is 11.1 Å². The Balaban J connectivity index is 1.61. The van der Waals surface area contributed by atoms with Crippen molar-refractivity contribution in [3.05, 3.63) is 76.5 Å². The number of hydrogen-bond donors (Lipinski definition) is 1. The van der Waals surface area contributed by atoms with Crippen LogP contribution in [0.15, 0.2) is 76.1 Å². The fourth-order valence-electron chi connectivity index (χ4n) is 2.41. The van der Waals surface area contributed by atoms with Gasteiger partial charge in [-0.05, 0) is 29.8 Å². The van der Waals surface area contributed by atoms with Gasteiger partial charge in [0.25, 0.3) is 5.91 Å². The molecule has 0 radical (unpaired) electrons. The molecule has 0 saturated carbocycles. The van der Waals surface area contributed by atoms with E-state index >= 15 is 0 Å². The lowest BCUT2D eigenvalue weighted by Crippen LogP contribution is -2.17. The van der Waals surface area contributed by atoms with E-state index in [1.54, 1.807) is 0 Å². The topological polar surface area (TPSA) is 63.5 Å². The van der Waals surface area contributed by atoms with Gasteiger partial charge in [-0.15, -0.1) is 23.1 Å². The third kappa shape index (κ3) is 5.94. The van der Waals surface area contributed by atoms with Crippen LogP contribution >= 0.6 is 23.1 Å². The van der Waals surface area contributed by atoms with Crippen molar-refractivity contribution in [1.29, 1.82) is 0 Å². The maximum absolute atomic E-state index is 12.2. The first-order valence-corrected chi connectivity index (χ1v) is 10.2. The van der Waals surface area contributed by atoms with Crippen LogP contribution in [0, 0.1) is 0 Å². The van der Waals surface area contributed by atoms with E-state index in [-0.39, 0.29) is 17.6 Å². The van der Waals surface area contributed by atoms with Gasteiger partial charge in [-0.2, -0.15) is 4.99 Å². The molecule has 27 heavy (non-hydrogen) atoms. The summed E-state index contributed by atoms with van der Waals surface area (Å²) in [6.45, 7) is 2.16. The second-order valence-corrected chi connectivity index (χ2v) is 7.72. The maximum atomic E-state index is 12.2. The SMILES string of the molecule is CC(=O)Nc1ccc(SCC(=O)N=c2sccn2Cc2ccccc2)cc1. The van der Waals surface area contributed by atoms with Crippen LogP contribution in [0.3, 0.4) is 0 Å². The zero-order valence-corrected chi connectivity index (χ0v) is 16.4. The van der Waals surface area contributed by atoms with E-state index in [0.717, 1.165) is 10.6 Å². The highest BCUT2D eigenvalue weighted by Crippen LogP contribution is 2.20. The van der Waals surface area contributed by atoms with Gasteiger partial charge in [0.1, 0.15) is 0 Å². The van der Waals surface area contributed by atoms with Crippen molar-refractivity contribution in [3.63, 3.8) is 0 Å². The number of benzene rings is 2. The molecule has 138 valence electrons. The Morgan fingerprint density at radius 3 is 2.56 bits per heavy atom. The van der Waals surface area contributed by atoms with Gasteiger partial charge in [-0.3, -0.25) is 9.59 Å². The Kier molecular flexibility index (Phi) is 6.62. The third-order valence-corrected chi connectivity index (χ3v) is 5.40. The fourth-order valence-corrected chi connectivity index (χ4v) is 3.84. The van der Waals surface area contributed by atoms with Crippen LogP contribution in [0.5, 0.6) is 0 Å². The van der Waals surface area contributed by atoms with Crippen LogP contribution in [0.4, 0.5) is 5.69 Å². The first-order valence-electron chi connectivity index (χ1n) is 8.36. The average molecular weight is 398 g/mol. The second-order valence-electron chi connectivity index (χ2n) is 5.80. The van der Waals surface area contributed by atoms with Crippen LogP contribution in [-0.4, -0.2) is 22.1 Å². The Morgan fingerprint density at radius 1 is 1.11 bits per heavy atom. The molecule has 2 aromatic carbocycles. The monoisotopic (exact) mass is 397 g/mol. The van der Waals surface area contributed by atoms with Gasteiger partial charge in [-0.25, -0.2) is 0 Å². The predicted molar refractivity (Wildman–Crippen MR) is 110 cm³/mol. The smallest absolute Gasteiger partial charge is 0.258 e. The van der Waals surface area contributed by atoms with Gasteiger partial charge < -0.3 is 9.88 Å². The minimum Gasteiger partial charge on any atom is -0.326 e. The number of anilines is 1. The number of nitrogens with zero attached hydrogens (tertiary/aromatic N) is 2. The summed E-state index contributed by atoms with van der Waals surface area (Å²) in [6.07, 6.45) is 1.94. The standard InChI is InChI=1S/C20H19N3O2S2/c1-15(24)21-17-7-9-18(10-8-17)27-14-19(25)22-20-23(11-12-26-20)13-16-5-3-2-4-6-16/h2-12H,13-14H2,1H3,(H,21,24). The van der Waals surface area contributed by atoms with E-state index in [4.69, 9.17) is 0 Å². The van der Waals surface area contributed by atoms with Crippen LogP contribution in [-0.2, 0) is 16.1 Å². The minimum absolute atomic E-state index is 0.107. The van der Waals surface area contributed by atoms with E-state index < -0.39 is 0 Å². The Hall–Kier alpha value is -2.64. The summed E-state index contributed by atoms with van der Waals surface area (Å²) in [5.74, 6) is -0.0118. The molecule has 3 rings (SSSR count). The van der Waals surface area contributed by atoms with Crippen molar-refractivity contribution in [3.8, 4) is 0 Å². The Bertz CT molecular complexity index is 976. The van der Waals surface area contributed by atoms with Gasteiger partial charge in [0, 0.05) is 35.6 Å². The summed E-state index contributed by atoms with van der Waals surface area (Å²) in [6, 6.07) is 17.5. The average Bonchev–Trinajstić information content (AvgIpc) is 3.08. The minimum atomic E-state index is -0.171. The predicted octanol–water partition coefficient (Wildman–Crippen LogP) is 3.78. The molecular formula is C20H19N3O2S2. The van der Waals surface area contributed by atoms with Gasteiger partial charge >= 0.3 is 0 Å². The van der Waals surface area contributed by atoms with Crippen molar-refractivity contribution >= 4 is 40.6 Å². The first kappa shape index (κ1) is 19.1. The van der Waals surface area contributed by atoms with Crippen molar-refractivity contribution in [2.24, 2.45) is 4.99 Å². The van der Waals surface area contributed by atoms with E-state index in [2.05, 4.69) is 22.4 Å². The molecule has 0 bridgehead atoms. The summed E-state index contributed by atoms with van der Waals surface area (Å²) in [5.41, 5.74) is 1.90. The molecule has 0 atom stereocenters.